The highest BCUT2D eigenvalue weighted by molar-refractivity contribution is 5.84. The van der Waals surface area contributed by atoms with Crippen LogP contribution < -0.4 is 14.2 Å². The fraction of sp³-hybridized carbons (Fsp3) is 0.438. The Labute approximate surface area is 120 Å². The Hall–Kier alpha value is -1.97. The average Bonchev–Trinajstić information content (AvgIpc) is 2.38. The molecule has 0 N–H and O–H groups in total. The number of carbonyl (C=O) groups is 1. The molecule has 0 unspecified atom stereocenters. The van der Waals surface area contributed by atoms with Gasteiger partial charge >= 0.3 is 5.97 Å². The molecular weight excluding hydrogens is 256 g/mol. The maximum atomic E-state index is 11.5. The third kappa shape index (κ3) is 4.30. The summed E-state index contributed by atoms with van der Waals surface area (Å²) in [7, 11) is 1.53. The third-order valence-electron chi connectivity index (χ3n) is 2.49. The normalized spacial score (nSPS) is 10.8. The largest absolute Gasteiger partial charge is 0.493 e. The van der Waals surface area contributed by atoms with Gasteiger partial charge in [0.25, 0.3) is 0 Å². The lowest BCUT2D eigenvalue weighted by molar-refractivity contribution is -0.129. The molecule has 0 aliphatic carbocycles. The van der Waals surface area contributed by atoms with Crippen LogP contribution in [0, 0.1) is 0 Å². The molecule has 1 aromatic rings. The zero-order valence-corrected chi connectivity index (χ0v) is 12.8. The van der Waals surface area contributed by atoms with E-state index >= 15 is 0 Å². The first-order chi connectivity index (χ1) is 9.30. The van der Waals surface area contributed by atoms with E-state index in [2.05, 4.69) is 6.58 Å². The maximum absolute atomic E-state index is 11.5. The number of rotatable bonds is 5. The second-order valence-electron chi connectivity index (χ2n) is 5.32. The summed E-state index contributed by atoms with van der Waals surface area (Å²) in [6, 6.07) is 3.70. The van der Waals surface area contributed by atoms with Gasteiger partial charge in [-0.05, 0) is 44.9 Å². The molecule has 110 valence electrons. The van der Waals surface area contributed by atoms with E-state index in [1.165, 1.54) is 7.11 Å². The van der Waals surface area contributed by atoms with Crippen LogP contribution in [-0.2, 0) is 11.2 Å². The lowest BCUT2D eigenvalue weighted by Gasteiger charge is -2.24. The summed E-state index contributed by atoms with van der Waals surface area (Å²) in [5, 5.41) is 0. The molecule has 0 heterocycles. The number of esters is 1. The van der Waals surface area contributed by atoms with E-state index in [0.29, 0.717) is 11.5 Å². The smallest absolute Gasteiger partial charge is 0.335 e. The number of benzene rings is 1. The van der Waals surface area contributed by atoms with E-state index in [4.69, 9.17) is 14.2 Å². The molecule has 4 heteroatoms. The number of carbonyl (C=O) groups excluding carboxylic acids is 1. The minimum Gasteiger partial charge on any atom is -0.493 e. The van der Waals surface area contributed by atoms with Crippen LogP contribution in [0.5, 0.6) is 17.2 Å². The molecule has 1 aromatic carbocycles. The van der Waals surface area contributed by atoms with Crippen molar-refractivity contribution in [3.8, 4) is 17.2 Å². The van der Waals surface area contributed by atoms with Gasteiger partial charge in [0.2, 0.25) is 5.75 Å². The van der Waals surface area contributed by atoms with Gasteiger partial charge in [-0.1, -0.05) is 13.5 Å². The van der Waals surface area contributed by atoms with Crippen LogP contribution >= 0.6 is 0 Å². The van der Waals surface area contributed by atoms with Crippen molar-refractivity contribution in [2.45, 2.75) is 39.7 Å². The maximum Gasteiger partial charge on any atom is 0.335 e. The molecule has 0 radical (unpaired) electrons. The summed E-state index contributed by atoms with van der Waals surface area (Å²) in [4.78, 5) is 11.5. The summed E-state index contributed by atoms with van der Waals surface area (Å²) < 4.78 is 16.4. The summed E-state index contributed by atoms with van der Waals surface area (Å²) >= 11 is 0. The third-order valence-corrected chi connectivity index (χ3v) is 2.49. The van der Waals surface area contributed by atoms with Gasteiger partial charge in [0, 0.05) is 6.08 Å². The van der Waals surface area contributed by atoms with Crippen molar-refractivity contribution in [1.29, 1.82) is 0 Å². The Kier molecular flexibility index (Phi) is 5.19. The molecule has 0 aliphatic heterocycles. The number of methoxy groups -OCH3 is 1. The van der Waals surface area contributed by atoms with Crippen LogP contribution in [0.2, 0.25) is 0 Å². The van der Waals surface area contributed by atoms with Gasteiger partial charge < -0.3 is 14.2 Å². The van der Waals surface area contributed by atoms with E-state index in [1.807, 2.05) is 39.8 Å². The van der Waals surface area contributed by atoms with Crippen LogP contribution in [0.4, 0.5) is 0 Å². The molecule has 0 fully saturated rings. The van der Waals surface area contributed by atoms with E-state index in [9.17, 15) is 4.79 Å². The molecule has 1 rings (SSSR count). The lowest BCUT2D eigenvalue weighted by Crippen LogP contribution is -2.23. The van der Waals surface area contributed by atoms with Crippen molar-refractivity contribution in [3.05, 3.63) is 30.4 Å². The van der Waals surface area contributed by atoms with E-state index in [1.54, 1.807) is 0 Å². The monoisotopic (exact) mass is 278 g/mol. The molecule has 0 aliphatic rings. The molecule has 0 saturated heterocycles. The topological polar surface area (TPSA) is 44.8 Å². The highest BCUT2D eigenvalue weighted by Crippen LogP contribution is 2.40. The van der Waals surface area contributed by atoms with Crippen LogP contribution in [-0.4, -0.2) is 18.7 Å². The van der Waals surface area contributed by atoms with Crippen LogP contribution in [0.15, 0.2) is 24.8 Å². The standard InChI is InChI=1S/C16H22O4/c1-7-11-9-12(18-6)15(19-14(17)8-2)13(10-11)20-16(3,4)5/h8-10H,2,7H2,1,3-6H3. The van der Waals surface area contributed by atoms with Crippen molar-refractivity contribution in [3.63, 3.8) is 0 Å². The molecule has 0 saturated carbocycles. The molecular formula is C16H22O4. The van der Waals surface area contributed by atoms with Gasteiger partial charge in [0.15, 0.2) is 11.5 Å². The second kappa shape index (κ2) is 6.46. The predicted octanol–water partition coefficient (Wildman–Crippen LogP) is 3.53. The summed E-state index contributed by atoms with van der Waals surface area (Å²) in [6.07, 6.45) is 1.93. The zero-order valence-electron chi connectivity index (χ0n) is 12.8. The SMILES string of the molecule is C=CC(=O)Oc1c(OC)cc(CC)cc1OC(C)(C)C. The number of hydrogen-bond acceptors (Lipinski definition) is 4. The molecule has 0 aromatic heterocycles. The minimum atomic E-state index is -0.550. The fourth-order valence-electron chi connectivity index (χ4n) is 1.64. The van der Waals surface area contributed by atoms with Gasteiger partial charge in [-0.15, -0.1) is 0 Å². The quantitative estimate of drug-likeness (QED) is 0.469. The summed E-state index contributed by atoms with van der Waals surface area (Å²) in [5.41, 5.74) is 0.631. The van der Waals surface area contributed by atoms with Gasteiger partial charge in [-0.2, -0.15) is 0 Å². The lowest BCUT2D eigenvalue weighted by atomic mass is 10.1. The Morgan fingerprint density at radius 1 is 1.30 bits per heavy atom. The highest BCUT2D eigenvalue weighted by atomic mass is 16.6. The first-order valence-electron chi connectivity index (χ1n) is 6.55. The van der Waals surface area contributed by atoms with Crippen LogP contribution in [0.25, 0.3) is 0 Å². The molecule has 20 heavy (non-hydrogen) atoms. The fourth-order valence-corrected chi connectivity index (χ4v) is 1.64. The number of aryl methyl sites for hydroxylation is 1. The average molecular weight is 278 g/mol. The van der Waals surface area contributed by atoms with Gasteiger partial charge in [-0.25, -0.2) is 4.79 Å². The first-order valence-corrected chi connectivity index (χ1v) is 6.55. The van der Waals surface area contributed by atoms with E-state index < -0.39 is 11.6 Å². The van der Waals surface area contributed by atoms with Crippen molar-refractivity contribution < 1.29 is 19.0 Å². The Balaban J connectivity index is 3.33. The van der Waals surface area contributed by atoms with Crippen LogP contribution in [0.3, 0.4) is 0 Å². The second-order valence-corrected chi connectivity index (χ2v) is 5.32. The summed E-state index contributed by atoms with van der Waals surface area (Å²) in [5.74, 6) is 0.693. The number of ether oxygens (including phenoxy) is 3. The van der Waals surface area contributed by atoms with Gasteiger partial charge in [0.1, 0.15) is 5.60 Å². The predicted molar refractivity (Wildman–Crippen MR) is 78.6 cm³/mol. The molecule has 4 nitrogen and oxygen atoms in total. The minimum absolute atomic E-state index is 0.282. The van der Waals surface area contributed by atoms with Crippen molar-refractivity contribution in [1.82, 2.24) is 0 Å². The van der Waals surface area contributed by atoms with Crippen LogP contribution in [0.1, 0.15) is 33.3 Å². The Morgan fingerprint density at radius 2 is 1.90 bits per heavy atom. The Morgan fingerprint density at radius 3 is 2.35 bits per heavy atom. The molecule has 0 amide bonds. The Bertz CT molecular complexity index is 498. The van der Waals surface area contributed by atoms with Gasteiger partial charge in [-0.3, -0.25) is 0 Å². The van der Waals surface area contributed by atoms with Gasteiger partial charge in [0.05, 0.1) is 7.11 Å². The van der Waals surface area contributed by atoms with E-state index in [0.717, 1.165) is 18.1 Å². The zero-order chi connectivity index (χ0) is 15.3. The first kappa shape index (κ1) is 16.1. The summed E-state index contributed by atoms with van der Waals surface area (Å²) in [6.45, 7) is 11.2. The van der Waals surface area contributed by atoms with Crippen molar-refractivity contribution in [2.75, 3.05) is 7.11 Å². The molecule has 0 spiro atoms. The van der Waals surface area contributed by atoms with Crippen molar-refractivity contribution in [2.24, 2.45) is 0 Å². The highest BCUT2D eigenvalue weighted by Gasteiger charge is 2.21. The molecule has 0 atom stereocenters. The van der Waals surface area contributed by atoms with Crippen molar-refractivity contribution >= 4 is 5.97 Å². The molecule has 0 bridgehead atoms. The number of hydrogen-bond donors (Lipinski definition) is 0. The van der Waals surface area contributed by atoms with E-state index in [-0.39, 0.29) is 5.75 Å².